The third kappa shape index (κ3) is 2.34. The van der Waals surface area contributed by atoms with Gasteiger partial charge in [0.05, 0.1) is 9.79 Å². The first-order valence-corrected chi connectivity index (χ1v) is 13.1. The summed E-state index contributed by atoms with van der Waals surface area (Å²) in [5.41, 5.74) is 2.65. The van der Waals surface area contributed by atoms with Crippen molar-refractivity contribution in [3.8, 4) is 21.6 Å². The van der Waals surface area contributed by atoms with Crippen molar-refractivity contribution in [2.75, 3.05) is 0 Å². The SMILES string of the molecule is O=S1(=O)c2ccccc2-c2cc(-c3cc4ccc5c(ccc6ccsc65)c4s3)ccc21. The lowest BCUT2D eigenvalue weighted by atomic mass is 10.0. The molecule has 2 aromatic heterocycles. The number of hydrogen-bond acceptors (Lipinski definition) is 4. The van der Waals surface area contributed by atoms with Gasteiger partial charge in [-0.05, 0) is 52.0 Å². The summed E-state index contributed by atoms with van der Waals surface area (Å²) in [7, 11) is -3.43. The molecule has 1 aliphatic rings. The van der Waals surface area contributed by atoms with Crippen molar-refractivity contribution in [1.29, 1.82) is 0 Å². The Bertz CT molecular complexity index is 1800. The Balaban J connectivity index is 1.46. The highest BCUT2D eigenvalue weighted by Crippen LogP contribution is 2.46. The van der Waals surface area contributed by atoms with Gasteiger partial charge in [-0.2, -0.15) is 0 Å². The van der Waals surface area contributed by atoms with E-state index in [0.717, 1.165) is 21.6 Å². The highest BCUT2D eigenvalue weighted by molar-refractivity contribution is 7.92. The third-order valence-electron chi connectivity index (χ3n) is 6.12. The number of benzene rings is 4. The van der Waals surface area contributed by atoms with Crippen molar-refractivity contribution in [2.24, 2.45) is 0 Å². The normalized spacial score (nSPS) is 14.3. The van der Waals surface area contributed by atoms with Crippen molar-refractivity contribution in [2.45, 2.75) is 9.79 Å². The van der Waals surface area contributed by atoms with Crippen molar-refractivity contribution >= 4 is 63.5 Å². The standard InChI is InChI=1S/C26H14O2S3/c27-31(28)23-4-2-1-3-18(23)21-13-16(7-10-24(21)31)22-14-17-6-9-19-20(26(17)30-22)8-5-15-11-12-29-25(15)19/h1-14H. The van der Waals surface area contributed by atoms with Gasteiger partial charge in [-0.1, -0.05) is 48.5 Å². The Kier molecular flexibility index (Phi) is 3.44. The van der Waals surface area contributed by atoms with Gasteiger partial charge in [-0.3, -0.25) is 0 Å². The number of thiophene rings is 2. The van der Waals surface area contributed by atoms with Crippen LogP contribution < -0.4 is 0 Å². The lowest BCUT2D eigenvalue weighted by Crippen LogP contribution is -1.95. The summed E-state index contributed by atoms with van der Waals surface area (Å²) in [6.07, 6.45) is 0. The maximum absolute atomic E-state index is 12.9. The molecule has 0 radical (unpaired) electrons. The molecule has 31 heavy (non-hydrogen) atoms. The van der Waals surface area contributed by atoms with E-state index in [9.17, 15) is 8.42 Å². The fourth-order valence-corrected chi connectivity index (χ4v) is 8.42. The Morgan fingerprint density at radius 3 is 2.32 bits per heavy atom. The van der Waals surface area contributed by atoms with E-state index < -0.39 is 9.84 Å². The van der Waals surface area contributed by atoms with Gasteiger partial charge < -0.3 is 0 Å². The van der Waals surface area contributed by atoms with Crippen LogP contribution in [0.15, 0.2) is 94.0 Å². The van der Waals surface area contributed by atoms with Crippen LogP contribution in [0.1, 0.15) is 0 Å². The second kappa shape index (κ2) is 6.04. The molecule has 0 atom stereocenters. The van der Waals surface area contributed by atoms with Gasteiger partial charge in [0, 0.05) is 36.2 Å². The minimum atomic E-state index is -3.43. The zero-order valence-corrected chi connectivity index (χ0v) is 18.6. The van der Waals surface area contributed by atoms with Crippen LogP contribution in [-0.4, -0.2) is 8.42 Å². The zero-order chi connectivity index (χ0) is 20.7. The highest BCUT2D eigenvalue weighted by atomic mass is 32.2. The van der Waals surface area contributed by atoms with Crippen LogP contribution in [0.3, 0.4) is 0 Å². The summed E-state index contributed by atoms with van der Waals surface area (Å²) in [6, 6.07) is 26.2. The average molecular weight is 455 g/mol. The van der Waals surface area contributed by atoms with Crippen LogP contribution in [-0.2, 0) is 9.84 Å². The molecular formula is C26H14O2S3. The van der Waals surface area contributed by atoms with Crippen molar-refractivity contribution in [1.82, 2.24) is 0 Å². The molecule has 4 aromatic carbocycles. The Morgan fingerprint density at radius 2 is 1.42 bits per heavy atom. The van der Waals surface area contributed by atoms with Crippen LogP contribution in [0.4, 0.5) is 0 Å². The van der Waals surface area contributed by atoms with Gasteiger partial charge in [-0.15, -0.1) is 22.7 Å². The molecule has 7 rings (SSSR count). The number of fused-ring (bicyclic) bond motifs is 8. The lowest BCUT2D eigenvalue weighted by molar-refractivity contribution is 0.598. The lowest BCUT2D eigenvalue weighted by Gasteiger charge is -2.03. The van der Waals surface area contributed by atoms with Crippen LogP contribution in [0.25, 0.3) is 52.5 Å². The van der Waals surface area contributed by atoms with Gasteiger partial charge in [-0.25, -0.2) is 8.42 Å². The Labute approximate surface area is 186 Å². The molecule has 0 saturated carbocycles. The third-order valence-corrected chi connectivity index (χ3v) is 10.2. The Morgan fingerprint density at radius 1 is 0.645 bits per heavy atom. The topological polar surface area (TPSA) is 34.1 Å². The first kappa shape index (κ1) is 17.7. The summed E-state index contributed by atoms with van der Waals surface area (Å²) in [5.74, 6) is 0. The van der Waals surface area contributed by atoms with E-state index in [4.69, 9.17) is 0 Å². The molecule has 0 amide bonds. The van der Waals surface area contributed by atoms with Crippen LogP contribution in [0, 0.1) is 0 Å². The molecule has 2 nitrogen and oxygen atoms in total. The molecule has 0 spiro atoms. The molecular weight excluding hydrogens is 440 g/mol. The number of rotatable bonds is 1. The van der Waals surface area contributed by atoms with Gasteiger partial charge in [0.1, 0.15) is 0 Å². The molecule has 6 aromatic rings. The van der Waals surface area contributed by atoms with Crippen LogP contribution in [0.5, 0.6) is 0 Å². The van der Waals surface area contributed by atoms with Crippen molar-refractivity contribution in [3.05, 3.63) is 84.2 Å². The molecule has 0 unspecified atom stereocenters. The summed E-state index contributed by atoms with van der Waals surface area (Å²) in [5, 5.41) is 7.22. The summed E-state index contributed by atoms with van der Waals surface area (Å²) >= 11 is 3.56. The van der Waals surface area contributed by atoms with E-state index in [1.807, 2.05) is 24.3 Å². The fourth-order valence-electron chi connectivity index (χ4n) is 4.64. The molecule has 148 valence electrons. The average Bonchev–Trinajstić information content (AvgIpc) is 3.49. The predicted molar refractivity (Wildman–Crippen MR) is 131 cm³/mol. The van der Waals surface area contributed by atoms with Crippen molar-refractivity contribution in [3.63, 3.8) is 0 Å². The second-order valence-corrected chi connectivity index (χ2v) is 11.7. The van der Waals surface area contributed by atoms with Gasteiger partial charge in [0.15, 0.2) is 0 Å². The molecule has 0 fully saturated rings. The molecule has 0 saturated heterocycles. The smallest absolute Gasteiger partial charge is 0.207 e. The quantitative estimate of drug-likeness (QED) is 0.254. The van der Waals surface area contributed by atoms with Crippen LogP contribution >= 0.6 is 22.7 Å². The molecule has 0 aliphatic carbocycles. The zero-order valence-electron chi connectivity index (χ0n) is 16.1. The first-order chi connectivity index (χ1) is 15.1. The van der Waals surface area contributed by atoms with Gasteiger partial charge in [0.2, 0.25) is 9.84 Å². The van der Waals surface area contributed by atoms with Gasteiger partial charge >= 0.3 is 0 Å². The number of sulfone groups is 1. The molecule has 3 heterocycles. The summed E-state index contributed by atoms with van der Waals surface area (Å²) in [6.45, 7) is 0. The second-order valence-electron chi connectivity index (χ2n) is 7.80. The van der Waals surface area contributed by atoms with Crippen LogP contribution in [0.2, 0.25) is 0 Å². The number of hydrogen-bond donors (Lipinski definition) is 0. The largest absolute Gasteiger partial charge is 0.218 e. The summed E-state index contributed by atoms with van der Waals surface area (Å²) in [4.78, 5) is 1.96. The van der Waals surface area contributed by atoms with Crippen molar-refractivity contribution < 1.29 is 8.42 Å². The van der Waals surface area contributed by atoms with Gasteiger partial charge in [0.25, 0.3) is 0 Å². The van der Waals surface area contributed by atoms with E-state index in [1.165, 1.54) is 30.9 Å². The fraction of sp³-hybridized carbons (Fsp3) is 0. The van der Waals surface area contributed by atoms with E-state index in [2.05, 4.69) is 41.8 Å². The maximum Gasteiger partial charge on any atom is 0.207 e. The van der Waals surface area contributed by atoms with E-state index in [1.54, 1.807) is 40.9 Å². The van der Waals surface area contributed by atoms with E-state index in [0.29, 0.717) is 9.79 Å². The first-order valence-electron chi connectivity index (χ1n) is 9.93. The minimum absolute atomic E-state index is 0.407. The Hall–Kier alpha value is -2.99. The molecule has 5 heteroatoms. The molecule has 1 aliphatic heterocycles. The summed E-state index contributed by atoms with van der Waals surface area (Å²) < 4.78 is 28.4. The molecule has 0 N–H and O–H groups in total. The molecule has 0 bridgehead atoms. The highest BCUT2D eigenvalue weighted by Gasteiger charge is 2.32. The predicted octanol–water partition coefficient (Wildman–Crippen LogP) is 7.75. The maximum atomic E-state index is 12.9. The van der Waals surface area contributed by atoms with E-state index >= 15 is 0 Å². The monoisotopic (exact) mass is 454 g/mol. The minimum Gasteiger partial charge on any atom is -0.218 e. The van der Waals surface area contributed by atoms with E-state index in [-0.39, 0.29) is 0 Å².